The molecule has 0 saturated heterocycles. The second-order valence-electron chi connectivity index (χ2n) is 8.80. The number of benzene rings is 4. The summed E-state index contributed by atoms with van der Waals surface area (Å²) < 4.78 is 0. The first-order valence-electron chi connectivity index (χ1n) is 10.8. The van der Waals surface area contributed by atoms with Gasteiger partial charge in [0.05, 0.1) is 0 Å². The summed E-state index contributed by atoms with van der Waals surface area (Å²) in [5, 5.41) is 0. The van der Waals surface area contributed by atoms with Gasteiger partial charge >= 0.3 is 0 Å². The van der Waals surface area contributed by atoms with Crippen LogP contribution in [0.1, 0.15) is 37.5 Å². The van der Waals surface area contributed by atoms with Crippen LogP contribution in [-0.2, 0) is 5.41 Å². The number of rotatable bonds is 5. The molecule has 0 fully saturated rings. The largest absolute Gasteiger partial charge is 0.311 e. The predicted molar refractivity (Wildman–Crippen MR) is 135 cm³/mol. The van der Waals surface area contributed by atoms with Gasteiger partial charge < -0.3 is 4.90 Å². The summed E-state index contributed by atoms with van der Waals surface area (Å²) in [5.74, 6) is 0. The van der Waals surface area contributed by atoms with Crippen molar-refractivity contribution in [1.29, 1.82) is 0 Å². The van der Waals surface area contributed by atoms with Gasteiger partial charge in [0.1, 0.15) is 0 Å². The molecule has 0 spiro atoms. The first-order chi connectivity index (χ1) is 15.0. The lowest BCUT2D eigenvalue weighted by Gasteiger charge is -2.27. The Bertz CT molecular complexity index is 1120. The molecule has 4 rings (SSSR count). The molecule has 0 saturated carbocycles. The van der Waals surface area contributed by atoms with Gasteiger partial charge in [0.2, 0.25) is 0 Å². The molecule has 0 heterocycles. The Morgan fingerprint density at radius 1 is 0.484 bits per heavy atom. The molecule has 0 N–H and O–H groups in total. The van der Waals surface area contributed by atoms with Crippen LogP contribution in [0.5, 0.6) is 0 Å². The van der Waals surface area contributed by atoms with Crippen molar-refractivity contribution < 1.29 is 0 Å². The van der Waals surface area contributed by atoms with E-state index in [2.05, 4.69) is 141 Å². The Hall–Kier alpha value is -3.58. The van der Waals surface area contributed by atoms with Gasteiger partial charge in [0, 0.05) is 17.1 Å². The Balaban J connectivity index is 1.65. The molecule has 0 aliphatic rings. The standard InChI is InChI=1S/C30H29N/c1-30(2,3)26-18-22-29(23-19-26)31(27-12-8-5-9-13-27)28-20-16-25(17-21-28)15-14-24-10-6-4-7-11-24/h4-23H,1-3H3/b15-14+. The highest BCUT2D eigenvalue weighted by molar-refractivity contribution is 5.78. The number of hydrogen-bond acceptors (Lipinski definition) is 1. The van der Waals surface area contributed by atoms with Crippen LogP contribution < -0.4 is 4.90 Å². The van der Waals surface area contributed by atoms with E-state index in [0.29, 0.717) is 0 Å². The van der Waals surface area contributed by atoms with Crippen LogP contribution in [0.15, 0.2) is 109 Å². The monoisotopic (exact) mass is 403 g/mol. The van der Waals surface area contributed by atoms with E-state index in [1.807, 2.05) is 6.07 Å². The van der Waals surface area contributed by atoms with E-state index in [1.54, 1.807) is 0 Å². The summed E-state index contributed by atoms with van der Waals surface area (Å²) in [6, 6.07) is 38.6. The third-order valence-electron chi connectivity index (χ3n) is 5.43. The Kier molecular flexibility index (Phi) is 6.04. The van der Waals surface area contributed by atoms with E-state index < -0.39 is 0 Å². The predicted octanol–water partition coefficient (Wildman–Crippen LogP) is 8.62. The van der Waals surface area contributed by atoms with Gasteiger partial charge in [-0.2, -0.15) is 0 Å². The molecule has 1 nitrogen and oxygen atoms in total. The molecule has 1 heteroatoms. The summed E-state index contributed by atoms with van der Waals surface area (Å²) in [6.07, 6.45) is 4.30. The molecule has 0 bridgehead atoms. The summed E-state index contributed by atoms with van der Waals surface area (Å²) in [4.78, 5) is 2.30. The Morgan fingerprint density at radius 3 is 1.42 bits per heavy atom. The first kappa shape index (κ1) is 20.7. The van der Waals surface area contributed by atoms with E-state index in [0.717, 1.165) is 17.1 Å². The van der Waals surface area contributed by atoms with Crippen molar-refractivity contribution >= 4 is 29.2 Å². The van der Waals surface area contributed by atoms with E-state index >= 15 is 0 Å². The van der Waals surface area contributed by atoms with Crippen molar-refractivity contribution in [2.45, 2.75) is 26.2 Å². The quantitative estimate of drug-likeness (QED) is 0.301. The number of nitrogens with zero attached hydrogens (tertiary/aromatic N) is 1. The summed E-state index contributed by atoms with van der Waals surface area (Å²) in [7, 11) is 0. The second-order valence-corrected chi connectivity index (χ2v) is 8.80. The van der Waals surface area contributed by atoms with Gasteiger partial charge in [-0.1, -0.05) is 106 Å². The van der Waals surface area contributed by atoms with Crippen molar-refractivity contribution in [3.63, 3.8) is 0 Å². The average Bonchev–Trinajstić information content (AvgIpc) is 2.80. The van der Waals surface area contributed by atoms with E-state index in [-0.39, 0.29) is 5.41 Å². The summed E-state index contributed by atoms with van der Waals surface area (Å²) in [6.45, 7) is 6.75. The minimum absolute atomic E-state index is 0.142. The molecule has 0 unspecified atom stereocenters. The third kappa shape index (κ3) is 5.13. The number of hydrogen-bond donors (Lipinski definition) is 0. The van der Waals surface area contributed by atoms with Crippen LogP contribution in [0.25, 0.3) is 12.2 Å². The van der Waals surface area contributed by atoms with Gasteiger partial charge in [-0.15, -0.1) is 0 Å². The average molecular weight is 404 g/mol. The zero-order valence-corrected chi connectivity index (χ0v) is 18.5. The fraction of sp³-hybridized carbons (Fsp3) is 0.133. The number of anilines is 3. The maximum Gasteiger partial charge on any atom is 0.0462 e. The molecular formula is C30H29N. The smallest absolute Gasteiger partial charge is 0.0462 e. The van der Waals surface area contributed by atoms with Crippen LogP contribution in [0, 0.1) is 0 Å². The van der Waals surface area contributed by atoms with Crippen LogP contribution in [0.4, 0.5) is 17.1 Å². The molecule has 31 heavy (non-hydrogen) atoms. The zero-order valence-electron chi connectivity index (χ0n) is 18.5. The molecule has 0 aliphatic carbocycles. The van der Waals surface area contributed by atoms with Crippen molar-refractivity contribution in [2.24, 2.45) is 0 Å². The van der Waals surface area contributed by atoms with E-state index in [4.69, 9.17) is 0 Å². The molecule has 154 valence electrons. The fourth-order valence-electron chi connectivity index (χ4n) is 3.63. The van der Waals surface area contributed by atoms with E-state index in [1.165, 1.54) is 16.7 Å². The lowest BCUT2D eigenvalue weighted by molar-refractivity contribution is 0.590. The molecule has 4 aromatic carbocycles. The molecule has 0 radical (unpaired) electrons. The van der Waals surface area contributed by atoms with Crippen LogP contribution in [-0.4, -0.2) is 0 Å². The van der Waals surface area contributed by atoms with Gasteiger partial charge in [-0.25, -0.2) is 0 Å². The molecule has 0 aromatic heterocycles. The Labute approximate surface area is 186 Å². The third-order valence-corrected chi connectivity index (χ3v) is 5.43. The Morgan fingerprint density at radius 2 is 0.903 bits per heavy atom. The van der Waals surface area contributed by atoms with Crippen molar-refractivity contribution in [1.82, 2.24) is 0 Å². The van der Waals surface area contributed by atoms with Gasteiger partial charge in [-0.3, -0.25) is 0 Å². The maximum atomic E-state index is 2.30. The van der Waals surface area contributed by atoms with Crippen LogP contribution in [0.3, 0.4) is 0 Å². The number of para-hydroxylation sites is 1. The van der Waals surface area contributed by atoms with Crippen LogP contribution >= 0.6 is 0 Å². The molecule has 0 amide bonds. The van der Waals surface area contributed by atoms with E-state index in [9.17, 15) is 0 Å². The highest BCUT2D eigenvalue weighted by Crippen LogP contribution is 2.35. The summed E-state index contributed by atoms with van der Waals surface area (Å²) >= 11 is 0. The first-order valence-corrected chi connectivity index (χ1v) is 10.8. The normalized spacial score (nSPS) is 11.6. The SMILES string of the molecule is CC(C)(C)c1ccc(N(c2ccccc2)c2ccc(/C=C/c3ccccc3)cc2)cc1. The topological polar surface area (TPSA) is 3.24 Å². The molecular weight excluding hydrogens is 374 g/mol. The minimum Gasteiger partial charge on any atom is -0.311 e. The lowest BCUT2D eigenvalue weighted by Crippen LogP contribution is -2.13. The maximum absolute atomic E-state index is 2.30. The van der Waals surface area contributed by atoms with Crippen molar-refractivity contribution in [2.75, 3.05) is 4.90 Å². The van der Waals surface area contributed by atoms with Gasteiger partial charge in [-0.05, 0) is 58.5 Å². The highest BCUT2D eigenvalue weighted by atomic mass is 15.1. The molecule has 0 aliphatic heterocycles. The van der Waals surface area contributed by atoms with Crippen LogP contribution in [0.2, 0.25) is 0 Å². The van der Waals surface area contributed by atoms with Crippen molar-refractivity contribution in [3.8, 4) is 0 Å². The van der Waals surface area contributed by atoms with Crippen molar-refractivity contribution in [3.05, 3.63) is 126 Å². The zero-order chi connectivity index (χ0) is 21.7. The lowest BCUT2D eigenvalue weighted by atomic mass is 9.87. The van der Waals surface area contributed by atoms with Gasteiger partial charge in [0.25, 0.3) is 0 Å². The molecule has 4 aromatic rings. The summed E-state index contributed by atoms with van der Waals surface area (Å²) in [5.41, 5.74) is 7.32. The fourth-order valence-corrected chi connectivity index (χ4v) is 3.63. The molecule has 0 atom stereocenters. The minimum atomic E-state index is 0.142. The van der Waals surface area contributed by atoms with Gasteiger partial charge in [0.15, 0.2) is 0 Å². The highest BCUT2D eigenvalue weighted by Gasteiger charge is 2.16. The second kappa shape index (κ2) is 9.06.